The van der Waals surface area contributed by atoms with E-state index in [4.69, 9.17) is 0 Å². The number of hydrogen-bond donors (Lipinski definition) is 0. The first-order valence-electron chi connectivity index (χ1n) is 16.4. The molecule has 1 atom stereocenters. The van der Waals surface area contributed by atoms with Crippen LogP contribution in [0.4, 0.5) is 0 Å². The summed E-state index contributed by atoms with van der Waals surface area (Å²) in [4.78, 5) is 0. The topological polar surface area (TPSA) is 0 Å². The first-order valence-corrected chi connectivity index (χ1v) is 24.5. The molecule has 2 aliphatic carbocycles. The van der Waals surface area contributed by atoms with Gasteiger partial charge in [0.15, 0.2) is 0 Å². The van der Waals surface area contributed by atoms with E-state index in [0.29, 0.717) is 7.25 Å². The van der Waals surface area contributed by atoms with Crippen molar-refractivity contribution in [2.45, 2.75) is 66.5 Å². The normalized spacial score (nSPS) is 15.7. The van der Waals surface area contributed by atoms with Crippen LogP contribution in [0.3, 0.4) is 0 Å². The van der Waals surface area contributed by atoms with E-state index in [2.05, 4.69) is 176 Å². The Kier molecular flexibility index (Phi) is 7.90. The Bertz CT molecular complexity index is 1860. The molecule has 0 aliphatic heterocycles. The molecular formula is C43H44SiZr. The average molecular weight is 680 g/mol. The van der Waals surface area contributed by atoms with Crippen molar-refractivity contribution in [2.75, 3.05) is 0 Å². The molecule has 0 amide bonds. The summed E-state index contributed by atoms with van der Waals surface area (Å²) < 4.78 is 0.995. The standard InChI is InChI=1S/C21H25.C12H10Si.C10H9.Zr/c1-20(2,3)16-7-9-18-14(12-16)11-15-13-17(21(4,5)6)8-10-19(15)18;1-3-7-11(8-4-1)13-12-9-5-2-6-10-12;1-8-6-9-4-2-3-5-10(9)7-8;/h7-13H,1-6H3;1-10H;2-7H,1H3;. The minimum absolute atomic E-state index is 0.0941. The zero-order chi connectivity index (χ0) is 31.5. The second-order valence-electron chi connectivity index (χ2n) is 15.0. The second-order valence-corrected chi connectivity index (χ2v) is 29.1. The van der Waals surface area contributed by atoms with Crippen molar-refractivity contribution in [3.63, 3.8) is 0 Å². The van der Waals surface area contributed by atoms with Crippen LogP contribution in [-0.4, -0.2) is 5.43 Å². The van der Waals surface area contributed by atoms with Crippen molar-refractivity contribution >= 4 is 21.9 Å². The van der Waals surface area contributed by atoms with E-state index in [0.717, 1.165) is 0 Å². The van der Waals surface area contributed by atoms with Gasteiger partial charge in [-0.3, -0.25) is 0 Å². The van der Waals surface area contributed by atoms with Crippen LogP contribution in [0.5, 0.6) is 0 Å². The van der Waals surface area contributed by atoms with Gasteiger partial charge >= 0.3 is 280 Å². The monoisotopic (exact) mass is 678 g/mol. The summed E-state index contributed by atoms with van der Waals surface area (Å²) >= 11 is -2.69. The summed E-state index contributed by atoms with van der Waals surface area (Å²) in [6.45, 7) is 16.6. The van der Waals surface area contributed by atoms with Gasteiger partial charge in [-0.15, -0.1) is 0 Å². The Hall–Kier alpha value is -3.06. The van der Waals surface area contributed by atoms with E-state index in [1.165, 1.54) is 27.8 Å². The third-order valence-electron chi connectivity index (χ3n) is 9.93. The van der Waals surface area contributed by atoms with Gasteiger partial charge in [-0.2, -0.15) is 0 Å². The molecule has 0 nitrogen and oxygen atoms in total. The molecule has 224 valence electrons. The molecule has 0 spiro atoms. The number of hydrogen-bond acceptors (Lipinski definition) is 0. The maximum atomic E-state index is 2.63. The Balaban J connectivity index is 1.65. The van der Waals surface area contributed by atoms with Crippen molar-refractivity contribution in [1.29, 1.82) is 0 Å². The average Bonchev–Trinajstić information content (AvgIpc) is 3.53. The molecule has 5 aromatic rings. The third-order valence-corrected chi connectivity index (χ3v) is 30.7. The van der Waals surface area contributed by atoms with Crippen molar-refractivity contribution in [1.82, 2.24) is 0 Å². The van der Waals surface area contributed by atoms with Gasteiger partial charge in [-0.05, 0) is 0 Å². The molecule has 0 radical (unpaired) electrons. The van der Waals surface area contributed by atoms with Crippen LogP contribution in [0.2, 0.25) is 0 Å². The molecule has 2 aliphatic rings. The van der Waals surface area contributed by atoms with Crippen LogP contribution >= 0.6 is 0 Å². The van der Waals surface area contributed by atoms with E-state index in [1.54, 1.807) is 32.6 Å². The molecule has 7 rings (SSSR count). The van der Waals surface area contributed by atoms with Gasteiger partial charge in [-0.1, -0.05) is 0 Å². The minimum atomic E-state index is -2.69. The SMILES string of the molecule is CC1=Cc2ccccc2[CH]1[Zr]([CH]1c2cc(C(C)(C)C)ccc2-c2ccc(C(C)(C)C)cc21)=[Si](c1ccccc1)c1ccccc1. The first-order chi connectivity index (χ1) is 21.5. The van der Waals surface area contributed by atoms with Crippen LogP contribution in [0.1, 0.15) is 89.1 Å². The predicted molar refractivity (Wildman–Crippen MR) is 192 cm³/mol. The summed E-state index contributed by atoms with van der Waals surface area (Å²) in [5, 5.41) is 3.16. The van der Waals surface area contributed by atoms with Gasteiger partial charge < -0.3 is 0 Å². The third kappa shape index (κ3) is 5.53. The van der Waals surface area contributed by atoms with Crippen molar-refractivity contribution < 1.29 is 20.4 Å². The van der Waals surface area contributed by atoms with Crippen LogP contribution in [-0.2, 0) is 31.2 Å². The molecule has 0 N–H and O–H groups in total. The van der Waals surface area contributed by atoms with E-state index in [9.17, 15) is 0 Å². The zero-order valence-corrected chi connectivity index (χ0v) is 31.2. The number of fused-ring (bicyclic) bond motifs is 4. The van der Waals surface area contributed by atoms with Gasteiger partial charge in [0.25, 0.3) is 0 Å². The molecule has 45 heavy (non-hydrogen) atoms. The van der Waals surface area contributed by atoms with Crippen LogP contribution in [0, 0.1) is 0 Å². The number of allylic oxidation sites excluding steroid dienone is 1. The molecule has 5 aromatic carbocycles. The molecule has 0 bridgehead atoms. The van der Waals surface area contributed by atoms with E-state index < -0.39 is 25.8 Å². The van der Waals surface area contributed by atoms with Gasteiger partial charge in [0.1, 0.15) is 0 Å². The maximum absolute atomic E-state index is 2.69. The fraction of sp³-hybridized carbons (Fsp3) is 0.256. The molecule has 0 fully saturated rings. The van der Waals surface area contributed by atoms with Gasteiger partial charge in [0, 0.05) is 0 Å². The van der Waals surface area contributed by atoms with E-state index in [-0.39, 0.29) is 10.8 Å². The quantitative estimate of drug-likeness (QED) is 0.166. The van der Waals surface area contributed by atoms with E-state index in [1.807, 2.05) is 0 Å². The Morgan fingerprint density at radius 1 is 0.511 bits per heavy atom. The summed E-state index contributed by atoms with van der Waals surface area (Å²) in [6.07, 6.45) is 2.52. The van der Waals surface area contributed by atoms with Crippen LogP contribution in [0.25, 0.3) is 17.2 Å². The summed E-state index contributed by atoms with van der Waals surface area (Å²) in [5.41, 5.74) is 12.7. The van der Waals surface area contributed by atoms with Crippen molar-refractivity contribution in [3.05, 3.63) is 160 Å². The van der Waals surface area contributed by atoms with Gasteiger partial charge in [0.05, 0.1) is 0 Å². The Morgan fingerprint density at radius 3 is 1.47 bits per heavy atom. The molecular weight excluding hydrogens is 636 g/mol. The van der Waals surface area contributed by atoms with Crippen LogP contribution in [0.15, 0.2) is 127 Å². The Labute approximate surface area is 278 Å². The predicted octanol–water partition coefficient (Wildman–Crippen LogP) is 9.93. The summed E-state index contributed by atoms with van der Waals surface area (Å²) in [5.74, 6) is 0. The first kappa shape index (κ1) is 30.6. The summed E-state index contributed by atoms with van der Waals surface area (Å²) in [6, 6.07) is 47.6. The number of rotatable bonds is 4. The van der Waals surface area contributed by atoms with Gasteiger partial charge in [-0.25, -0.2) is 0 Å². The zero-order valence-electron chi connectivity index (χ0n) is 27.8. The molecule has 2 heteroatoms. The fourth-order valence-corrected chi connectivity index (χ4v) is 32.5. The Morgan fingerprint density at radius 2 is 0.978 bits per heavy atom. The molecule has 1 unspecified atom stereocenters. The molecule has 0 aromatic heterocycles. The summed E-state index contributed by atoms with van der Waals surface area (Å²) in [7, 11) is 0. The molecule has 0 heterocycles. The fourth-order valence-electron chi connectivity index (χ4n) is 7.59. The van der Waals surface area contributed by atoms with Crippen LogP contribution < -0.4 is 10.4 Å². The van der Waals surface area contributed by atoms with Gasteiger partial charge in [0.2, 0.25) is 0 Å². The second kappa shape index (κ2) is 11.6. The molecule has 0 saturated heterocycles. The van der Waals surface area contributed by atoms with Crippen molar-refractivity contribution in [3.8, 4) is 11.1 Å². The number of benzene rings is 5. The van der Waals surface area contributed by atoms with Crippen molar-refractivity contribution in [2.24, 2.45) is 0 Å². The van der Waals surface area contributed by atoms with E-state index >= 15 is 0 Å². The molecule has 0 saturated carbocycles.